The third-order valence-electron chi connectivity index (χ3n) is 6.80. The minimum atomic E-state index is -3.53. The van der Waals surface area contributed by atoms with Crippen molar-refractivity contribution >= 4 is 44.8 Å². The Morgan fingerprint density at radius 1 is 1.11 bits per heavy atom. The number of carbonyl (C=O) groups excluding carboxylic acids is 2. The maximum atomic E-state index is 12.9. The maximum absolute atomic E-state index is 12.9. The summed E-state index contributed by atoms with van der Waals surface area (Å²) in [6.07, 6.45) is 5.37. The van der Waals surface area contributed by atoms with Crippen molar-refractivity contribution in [3.63, 3.8) is 0 Å². The molecule has 0 spiro atoms. The number of likely N-dealkylation sites (tertiary alicyclic amines) is 1. The lowest BCUT2D eigenvalue weighted by atomic mass is 9.92. The number of nitrogens with one attached hydrogen (secondary N) is 1. The number of hydrogen-bond donors (Lipinski definition) is 2. The van der Waals surface area contributed by atoms with E-state index in [0.717, 1.165) is 19.1 Å². The van der Waals surface area contributed by atoms with Gasteiger partial charge in [0, 0.05) is 55.6 Å². The zero-order valence-electron chi connectivity index (χ0n) is 20.2. The van der Waals surface area contributed by atoms with E-state index in [1.165, 1.54) is 18.3 Å². The van der Waals surface area contributed by atoms with Gasteiger partial charge < -0.3 is 20.2 Å². The van der Waals surface area contributed by atoms with Crippen LogP contribution >= 0.6 is 11.6 Å². The second-order valence-corrected chi connectivity index (χ2v) is 12.0. The molecular formula is C25H31ClN4O5S. The molecule has 0 bridgehead atoms. The smallest absolute Gasteiger partial charge is 0.255 e. The van der Waals surface area contributed by atoms with Crippen LogP contribution in [0.4, 0.5) is 11.5 Å². The van der Waals surface area contributed by atoms with Gasteiger partial charge in [0.1, 0.15) is 0 Å². The largest absolute Gasteiger partial charge is 0.393 e. The van der Waals surface area contributed by atoms with E-state index in [2.05, 4.69) is 10.3 Å². The quantitative estimate of drug-likeness (QED) is 0.584. The van der Waals surface area contributed by atoms with Crippen LogP contribution in [-0.4, -0.2) is 73.8 Å². The number of amides is 2. The number of aromatic nitrogens is 1. The zero-order chi connectivity index (χ0) is 25.9. The van der Waals surface area contributed by atoms with E-state index in [-0.39, 0.29) is 22.8 Å². The molecule has 2 amide bonds. The first-order valence-electron chi connectivity index (χ1n) is 12.1. The Morgan fingerprint density at radius 3 is 2.44 bits per heavy atom. The molecule has 0 aliphatic carbocycles. The molecule has 2 saturated heterocycles. The van der Waals surface area contributed by atoms with E-state index >= 15 is 0 Å². The molecule has 2 N–H and O–H groups in total. The second kappa shape index (κ2) is 11.1. The van der Waals surface area contributed by atoms with E-state index in [1.54, 1.807) is 18.2 Å². The Morgan fingerprint density at radius 2 is 1.81 bits per heavy atom. The molecule has 0 radical (unpaired) electrons. The van der Waals surface area contributed by atoms with Crippen LogP contribution in [0.2, 0.25) is 5.02 Å². The van der Waals surface area contributed by atoms with E-state index in [1.807, 2.05) is 9.80 Å². The van der Waals surface area contributed by atoms with Gasteiger partial charge in [0.2, 0.25) is 5.91 Å². The number of nitrogens with zero attached hydrogens (tertiary/aromatic N) is 3. The maximum Gasteiger partial charge on any atom is 0.255 e. The molecule has 1 aromatic carbocycles. The summed E-state index contributed by atoms with van der Waals surface area (Å²) >= 11 is 6.02. The number of sulfone groups is 1. The van der Waals surface area contributed by atoms with Gasteiger partial charge in [-0.05, 0) is 55.9 Å². The lowest BCUT2D eigenvalue weighted by molar-refractivity contribution is -0.134. The summed E-state index contributed by atoms with van der Waals surface area (Å²) in [5, 5.41) is 12.9. The number of carbonyl (C=O) groups is 2. The van der Waals surface area contributed by atoms with Gasteiger partial charge in [-0.3, -0.25) is 9.59 Å². The first kappa shape index (κ1) is 26.4. The van der Waals surface area contributed by atoms with Crippen LogP contribution in [0.3, 0.4) is 0 Å². The molecule has 4 rings (SSSR count). The van der Waals surface area contributed by atoms with E-state index in [4.69, 9.17) is 11.6 Å². The molecule has 194 valence electrons. The second-order valence-electron chi connectivity index (χ2n) is 9.53. The Balaban J connectivity index is 1.45. The van der Waals surface area contributed by atoms with Gasteiger partial charge in [-0.1, -0.05) is 17.7 Å². The lowest BCUT2D eigenvalue weighted by Gasteiger charge is -2.35. The summed E-state index contributed by atoms with van der Waals surface area (Å²) in [7, 11) is -3.53. The van der Waals surface area contributed by atoms with Crippen molar-refractivity contribution in [3.05, 3.63) is 47.1 Å². The predicted molar refractivity (Wildman–Crippen MR) is 138 cm³/mol. The highest BCUT2D eigenvalue weighted by atomic mass is 35.5. The van der Waals surface area contributed by atoms with Crippen molar-refractivity contribution in [2.75, 3.05) is 42.7 Å². The van der Waals surface area contributed by atoms with Gasteiger partial charge >= 0.3 is 0 Å². The average molecular weight is 535 g/mol. The van der Waals surface area contributed by atoms with Crippen molar-refractivity contribution in [3.8, 4) is 0 Å². The highest BCUT2D eigenvalue weighted by molar-refractivity contribution is 7.90. The highest BCUT2D eigenvalue weighted by Crippen LogP contribution is 2.31. The summed E-state index contributed by atoms with van der Waals surface area (Å²) in [5.41, 5.74) is 0.657. The number of aliphatic hydroxyl groups is 1. The monoisotopic (exact) mass is 534 g/mol. The minimum Gasteiger partial charge on any atom is -0.393 e. The van der Waals surface area contributed by atoms with Crippen LogP contribution in [0.15, 0.2) is 41.4 Å². The van der Waals surface area contributed by atoms with Crippen molar-refractivity contribution < 1.29 is 23.1 Å². The molecule has 3 heterocycles. The lowest BCUT2D eigenvalue weighted by Crippen LogP contribution is -2.42. The summed E-state index contributed by atoms with van der Waals surface area (Å²) in [5.74, 6) is 0.441. The standard InChI is InChI=1S/C25H31ClN4O5S/c1-36(34,35)21-15-22(28-25(33)18-3-2-4-19(26)14-18)24(27-16-21)30-9-5-17(6-10-30)13-23(32)29-11-7-20(31)8-12-29/h2-4,14-17,20,31H,5-13H2,1H3,(H,28,33). The molecule has 9 nitrogen and oxygen atoms in total. The van der Waals surface area contributed by atoms with E-state index in [0.29, 0.717) is 67.5 Å². The summed E-state index contributed by atoms with van der Waals surface area (Å²) in [4.78, 5) is 33.9. The summed E-state index contributed by atoms with van der Waals surface area (Å²) in [6.45, 7) is 2.46. The number of piperidine rings is 2. The Labute approximate surface area is 216 Å². The summed E-state index contributed by atoms with van der Waals surface area (Å²) in [6, 6.07) is 7.93. The fourth-order valence-corrected chi connectivity index (χ4v) is 5.42. The average Bonchev–Trinajstić information content (AvgIpc) is 2.84. The zero-order valence-corrected chi connectivity index (χ0v) is 21.8. The Hall–Kier alpha value is -2.69. The molecule has 2 aliphatic rings. The topological polar surface area (TPSA) is 120 Å². The molecule has 2 aromatic rings. The molecule has 1 aromatic heterocycles. The molecule has 0 atom stereocenters. The molecule has 2 fully saturated rings. The number of hydrogen-bond acceptors (Lipinski definition) is 7. The Bertz CT molecular complexity index is 1220. The van der Waals surface area contributed by atoms with Gasteiger partial charge in [0.05, 0.1) is 16.7 Å². The van der Waals surface area contributed by atoms with Crippen LogP contribution in [0, 0.1) is 5.92 Å². The Kier molecular flexibility index (Phi) is 8.17. The number of benzene rings is 1. The van der Waals surface area contributed by atoms with Gasteiger partial charge in [-0.2, -0.15) is 0 Å². The number of anilines is 2. The third kappa shape index (κ3) is 6.54. The van der Waals surface area contributed by atoms with Crippen LogP contribution in [0.5, 0.6) is 0 Å². The van der Waals surface area contributed by atoms with Gasteiger partial charge in [0.25, 0.3) is 5.91 Å². The van der Waals surface area contributed by atoms with Crippen LogP contribution in [-0.2, 0) is 14.6 Å². The van der Waals surface area contributed by atoms with Crippen molar-refractivity contribution in [2.45, 2.75) is 43.1 Å². The minimum absolute atomic E-state index is 0.0137. The van der Waals surface area contributed by atoms with E-state index in [9.17, 15) is 23.1 Å². The van der Waals surface area contributed by atoms with Crippen molar-refractivity contribution in [1.82, 2.24) is 9.88 Å². The number of rotatable bonds is 6. The number of halogens is 1. The van der Waals surface area contributed by atoms with Crippen molar-refractivity contribution in [1.29, 1.82) is 0 Å². The first-order valence-corrected chi connectivity index (χ1v) is 14.3. The normalized spacial score (nSPS) is 17.8. The van der Waals surface area contributed by atoms with E-state index < -0.39 is 15.7 Å². The molecular weight excluding hydrogens is 504 g/mol. The van der Waals surface area contributed by atoms with Crippen LogP contribution < -0.4 is 10.2 Å². The highest BCUT2D eigenvalue weighted by Gasteiger charge is 2.28. The summed E-state index contributed by atoms with van der Waals surface area (Å²) < 4.78 is 24.3. The molecule has 11 heteroatoms. The molecule has 0 saturated carbocycles. The molecule has 36 heavy (non-hydrogen) atoms. The third-order valence-corrected chi connectivity index (χ3v) is 8.11. The van der Waals surface area contributed by atoms with Crippen LogP contribution in [0.25, 0.3) is 0 Å². The van der Waals surface area contributed by atoms with Gasteiger partial charge in [-0.25, -0.2) is 13.4 Å². The number of aliphatic hydroxyl groups excluding tert-OH is 1. The fraction of sp³-hybridized carbons (Fsp3) is 0.480. The predicted octanol–water partition coefficient (Wildman–Crippen LogP) is 2.98. The molecule has 0 unspecified atom stereocenters. The fourth-order valence-electron chi connectivity index (χ4n) is 4.65. The first-order chi connectivity index (χ1) is 17.1. The van der Waals surface area contributed by atoms with Crippen LogP contribution in [0.1, 0.15) is 42.5 Å². The number of pyridine rings is 1. The van der Waals surface area contributed by atoms with Gasteiger partial charge in [0.15, 0.2) is 15.7 Å². The van der Waals surface area contributed by atoms with Gasteiger partial charge in [-0.15, -0.1) is 0 Å². The SMILES string of the molecule is CS(=O)(=O)c1cnc(N2CCC(CC(=O)N3CCC(O)CC3)CC2)c(NC(=O)c2cccc(Cl)c2)c1. The molecule has 2 aliphatic heterocycles. The van der Waals surface area contributed by atoms with Crippen molar-refractivity contribution in [2.24, 2.45) is 5.92 Å².